The topological polar surface area (TPSA) is 52.7 Å². The lowest BCUT2D eigenvalue weighted by molar-refractivity contribution is 0.102. The van der Waals surface area contributed by atoms with Gasteiger partial charge in [-0.1, -0.05) is 47.5 Å². The molecule has 1 heterocycles. The lowest BCUT2D eigenvalue weighted by Crippen LogP contribution is -2.49. The summed E-state index contributed by atoms with van der Waals surface area (Å²) < 4.78 is 0. The van der Waals surface area contributed by atoms with E-state index >= 15 is 0 Å². The Hall–Kier alpha value is -3.60. The number of aryl methyl sites for hydroxylation is 3. The molecule has 5 nitrogen and oxygen atoms in total. The van der Waals surface area contributed by atoms with Crippen molar-refractivity contribution in [1.82, 2.24) is 4.90 Å². The molecule has 1 N–H and O–H groups in total. The van der Waals surface area contributed by atoms with Gasteiger partial charge in [0.2, 0.25) is 0 Å². The van der Waals surface area contributed by atoms with Crippen molar-refractivity contribution < 1.29 is 9.59 Å². The molecular formula is C27H29N3O2. The third-order valence-electron chi connectivity index (χ3n) is 5.87. The first-order valence-corrected chi connectivity index (χ1v) is 11.0. The molecule has 0 spiro atoms. The van der Waals surface area contributed by atoms with Crippen LogP contribution in [-0.4, -0.2) is 29.9 Å². The van der Waals surface area contributed by atoms with Crippen molar-refractivity contribution in [3.8, 4) is 0 Å². The van der Waals surface area contributed by atoms with Gasteiger partial charge < -0.3 is 10.2 Å². The number of amides is 3. The first-order valence-electron chi connectivity index (χ1n) is 11.0. The Labute approximate surface area is 189 Å². The van der Waals surface area contributed by atoms with Crippen LogP contribution in [0.1, 0.15) is 39.0 Å². The zero-order chi connectivity index (χ0) is 22.7. The zero-order valence-electron chi connectivity index (χ0n) is 18.9. The van der Waals surface area contributed by atoms with Crippen molar-refractivity contribution >= 4 is 23.3 Å². The van der Waals surface area contributed by atoms with Gasteiger partial charge in [-0.05, 0) is 68.7 Å². The van der Waals surface area contributed by atoms with E-state index in [2.05, 4.69) is 37.4 Å². The van der Waals surface area contributed by atoms with Gasteiger partial charge in [-0.15, -0.1) is 0 Å². The number of carbonyl (C=O) groups is 2. The third kappa shape index (κ3) is 4.83. The normalized spacial score (nSPS) is 13.9. The quantitative estimate of drug-likeness (QED) is 0.568. The maximum absolute atomic E-state index is 13.3. The Morgan fingerprint density at radius 1 is 0.906 bits per heavy atom. The van der Waals surface area contributed by atoms with Crippen LogP contribution in [-0.2, 0) is 6.54 Å². The van der Waals surface area contributed by atoms with Crippen molar-refractivity contribution in [2.24, 2.45) is 0 Å². The van der Waals surface area contributed by atoms with Crippen LogP contribution < -0.4 is 10.2 Å². The monoisotopic (exact) mass is 427 g/mol. The zero-order valence-corrected chi connectivity index (χ0v) is 18.9. The van der Waals surface area contributed by atoms with Gasteiger partial charge in [-0.3, -0.25) is 9.69 Å². The SMILES string of the molecule is Cc1cccc(C(=O)Nc2cccc(N3CCCN(Cc4cc(C)ccc4C)C3=O)c2)c1. The molecule has 0 atom stereocenters. The van der Waals surface area contributed by atoms with Gasteiger partial charge in [0.15, 0.2) is 0 Å². The molecule has 3 aromatic carbocycles. The maximum atomic E-state index is 13.3. The Morgan fingerprint density at radius 3 is 2.50 bits per heavy atom. The van der Waals surface area contributed by atoms with Gasteiger partial charge in [0, 0.05) is 36.6 Å². The minimum absolute atomic E-state index is 0.000633. The minimum Gasteiger partial charge on any atom is -0.322 e. The van der Waals surface area contributed by atoms with Gasteiger partial charge in [-0.2, -0.15) is 0 Å². The summed E-state index contributed by atoms with van der Waals surface area (Å²) in [6.45, 7) is 8.13. The summed E-state index contributed by atoms with van der Waals surface area (Å²) in [5, 5.41) is 2.95. The van der Waals surface area contributed by atoms with Crippen LogP contribution in [0.3, 0.4) is 0 Å². The van der Waals surface area contributed by atoms with Crippen LogP contribution in [0.4, 0.5) is 16.2 Å². The molecule has 0 saturated carbocycles. The summed E-state index contributed by atoms with van der Waals surface area (Å²) in [6, 6.07) is 21.4. The maximum Gasteiger partial charge on any atom is 0.324 e. The Balaban J connectivity index is 1.50. The van der Waals surface area contributed by atoms with E-state index in [4.69, 9.17) is 0 Å². The summed E-state index contributed by atoms with van der Waals surface area (Å²) in [4.78, 5) is 29.6. The summed E-state index contributed by atoms with van der Waals surface area (Å²) in [5.74, 6) is -0.160. The van der Waals surface area contributed by atoms with Crippen LogP contribution in [0.25, 0.3) is 0 Å². The predicted octanol–water partition coefficient (Wildman–Crippen LogP) is 5.70. The van der Waals surface area contributed by atoms with Crippen LogP contribution in [0, 0.1) is 20.8 Å². The molecule has 0 unspecified atom stereocenters. The van der Waals surface area contributed by atoms with Gasteiger partial charge in [0.25, 0.3) is 5.91 Å². The lowest BCUT2D eigenvalue weighted by atomic mass is 10.0. The molecule has 0 bridgehead atoms. The van der Waals surface area contributed by atoms with Crippen LogP contribution in [0.2, 0.25) is 0 Å². The first-order chi connectivity index (χ1) is 15.4. The highest BCUT2D eigenvalue weighted by molar-refractivity contribution is 6.05. The molecular weight excluding hydrogens is 398 g/mol. The van der Waals surface area contributed by atoms with Gasteiger partial charge in [-0.25, -0.2) is 4.79 Å². The van der Waals surface area contributed by atoms with Crippen molar-refractivity contribution in [3.05, 3.63) is 94.5 Å². The smallest absolute Gasteiger partial charge is 0.322 e. The van der Waals surface area contributed by atoms with E-state index in [1.165, 1.54) is 16.7 Å². The molecule has 32 heavy (non-hydrogen) atoms. The highest BCUT2D eigenvalue weighted by Crippen LogP contribution is 2.25. The standard InChI is InChI=1S/C27H29N3O2/c1-19-7-4-8-22(15-19)26(31)28-24-9-5-10-25(17-24)30-14-6-13-29(27(30)32)18-23-16-20(2)11-12-21(23)3/h4-5,7-12,15-17H,6,13-14,18H2,1-3H3,(H,28,31). The molecule has 0 aliphatic carbocycles. The van der Waals surface area contributed by atoms with Crippen LogP contribution >= 0.6 is 0 Å². The highest BCUT2D eigenvalue weighted by Gasteiger charge is 2.27. The fourth-order valence-corrected chi connectivity index (χ4v) is 4.09. The number of anilines is 2. The fraction of sp³-hybridized carbons (Fsp3) is 0.259. The van der Waals surface area contributed by atoms with E-state index in [-0.39, 0.29) is 11.9 Å². The summed E-state index contributed by atoms with van der Waals surface area (Å²) in [7, 11) is 0. The number of rotatable bonds is 5. The summed E-state index contributed by atoms with van der Waals surface area (Å²) in [5.41, 5.74) is 6.69. The molecule has 1 saturated heterocycles. The minimum atomic E-state index is -0.160. The predicted molar refractivity (Wildman–Crippen MR) is 129 cm³/mol. The van der Waals surface area contributed by atoms with E-state index < -0.39 is 0 Å². The average Bonchev–Trinajstić information content (AvgIpc) is 2.78. The number of nitrogens with zero attached hydrogens (tertiary/aromatic N) is 2. The van der Waals surface area contributed by atoms with Crippen molar-refractivity contribution in [2.75, 3.05) is 23.3 Å². The fourth-order valence-electron chi connectivity index (χ4n) is 4.09. The van der Waals surface area contributed by atoms with E-state index in [0.717, 1.165) is 24.2 Å². The van der Waals surface area contributed by atoms with Crippen molar-refractivity contribution in [3.63, 3.8) is 0 Å². The Bertz CT molecular complexity index is 1160. The molecule has 0 radical (unpaired) electrons. The van der Waals surface area contributed by atoms with E-state index in [9.17, 15) is 9.59 Å². The molecule has 5 heteroatoms. The number of urea groups is 1. The molecule has 1 aliphatic heterocycles. The number of hydrogen-bond acceptors (Lipinski definition) is 2. The summed E-state index contributed by atoms with van der Waals surface area (Å²) in [6.07, 6.45) is 0.899. The number of hydrogen-bond donors (Lipinski definition) is 1. The Morgan fingerprint density at radius 2 is 1.69 bits per heavy atom. The van der Waals surface area contributed by atoms with E-state index in [0.29, 0.717) is 24.3 Å². The Kier molecular flexibility index (Phi) is 6.26. The van der Waals surface area contributed by atoms with E-state index in [1.54, 1.807) is 11.0 Å². The second-order valence-corrected chi connectivity index (χ2v) is 8.51. The molecule has 1 aliphatic rings. The second kappa shape index (κ2) is 9.27. The molecule has 4 rings (SSSR count). The van der Waals surface area contributed by atoms with Crippen molar-refractivity contribution in [2.45, 2.75) is 33.7 Å². The highest BCUT2D eigenvalue weighted by atomic mass is 16.2. The van der Waals surface area contributed by atoms with Gasteiger partial charge >= 0.3 is 6.03 Å². The molecule has 3 aromatic rings. The van der Waals surface area contributed by atoms with Gasteiger partial charge in [0.1, 0.15) is 0 Å². The molecule has 164 valence electrons. The molecule has 1 fully saturated rings. The van der Waals surface area contributed by atoms with Crippen LogP contribution in [0.15, 0.2) is 66.7 Å². The van der Waals surface area contributed by atoms with Gasteiger partial charge in [0.05, 0.1) is 0 Å². The molecule has 0 aromatic heterocycles. The molecule has 3 amide bonds. The third-order valence-corrected chi connectivity index (χ3v) is 5.87. The second-order valence-electron chi connectivity index (χ2n) is 8.51. The van der Waals surface area contributed by atoms with Crippen LogP contribution in [0.5, 0.6) is 0 Å². The lowest BCUT2D eigenvalue weighted by Gasteiger charge is -2.36. The number of benzene rings is 3. The largest absolute Gasteiger partial charge is 0.324 e. The van der Waals surface area contributed by atoms with Crippen molar-refractivity contribution in [1.29, 1.82) is 0 Å². The number of nitrogens with one attached hydrogen (secondary N) is 1. The number of carbonyl (C=O) groups excluding carboxylic acids is 2. The average molecular weight is 428 g/mol. The summed E-state index contributed by atoms with van der Waals surface area (Å²) >= 11 is 0. The first kappa shape index (κ1) is 21.6. The van der Waals surface area contributed by atoms with E-state index in [1.807, 2.05) is 54.3 Å².